The average molecular weight is 353 g/mol. The summed E-state index contributed by atoms with van der Waals surface area (Å²) < 4.78 is 7.16. The molecule has 0 aliphatic heterocycles. The first-order chi connectivity index (χ1) is 12.7. The molecule has 0 bridgehead atoms. The van der Waals surface area contributed by atoms with Crippen molar-refractivity contribution in [3.63, 3.8) is 0 Å². The fourth-order valence-electron chi connectivity index (χ4n) is 2.45. The number of carbonyl (C=O) groups excluding carboxylic acids is 1. The summed E-state index contributed by atoms with van der Waals surface area (Å²) in [5.41, 5.74) is 1.74. The fourth-order valence-corrected chi connectivity index (χ4v) is 2.45. The van der Waals surface area contributed by atoms with Crippen LogP contribution in [0.15, 0.2) is 36.5 Å². The first-order valence-corrected chi connectivity index (χ1v) is 8.32. The Hall–Kier alpha value is -3.38. The summed E-state index contributed by atoms with van der Waals surface area (Å²) in [7, 11) is 0. The number of anilines is 1. The van der Waals surface area contributed by atoms with Crippen LogP contribution in [0.3, 0.4) is 0 Å². The number of fused-ring (bicyclic) bond motifs is 1. The van der Waals surface area contributed by atoms with Gasteiger partial charge in [0.15, 0.2) is 17.0 Å². The van der Waals surface area contributed by atoms with E-state index in [0.29, 0.717) is 24.3 Å². The zero-order valence-corrected chi connectivity index (χ0v) is 14.3. The molecule has 0 unspecified atom stereocenters. The van der Waals surface area contributed by atoms with E-state index in [1.807, 2.05) is 30.3 Å². The van der Waals surface area contributed by atoms with Crippen LogP contribution in [-0.4, -0.2) is 37.2 Å². The molecule has 8 nitrogen and oxygen atoms in total. The second-order valence-electron chi connectivity index (χ2n) is 5.62. The number of rotatable bonds is 8. The van der Waals surface area contributed by atoms with Gasteiger partial charge in [0.1, 0.15) is 5.94 Å². The molecule has 3 aromatic rings. The Morgan fingerprint density at radius 2 is 2.08 bits per heavy atom. The van der Waals surface area contributed by atoms with Crippen molar-refractivity contribution in [3.05, 3.63) is 42.1 Å². The Balaban J connectivity index is 2.05. The number of unbranched alkanes of at least 4 members (excludes halogenated alkanes) is 1. The molecular weight excluding hydrogens is 334 g/mol. The molecular formula is C18H19N5O3. The molecule has 3 rings (SSSR count). The van der Waals surface area contributed by atoms with Gasteiger partial charge in [-0.3, -0.25) is 4.57 Å². The Labute approximate surface area is 150 Å². The van der Waals surface area contributed by atoms with Gasteiger partial charge in [0.2, 0.25) is 0 Å². The predicted molar refractivity (Wildman–Crippen MR) is 96.8 cm³/mol. The maximum absolute atomic E-state index is 10.5. The van der Waals surface area contributed by atoms with E-state index in [9.17, 15) is 9.90 Å². The lowest BCUT2D eigenvalue weighted by molar-refractivity contribution is 0.286. The summed E-state index contributed by atoms with van der Waals surface area (Å²) in [5.74, 6) is 1.90. The van der Waals surface area contributed by atoms with E-state index in [2.05, 4.69) is 27.2 Å². The summed E-state index contributed by atoms with van der Waals surface area (Å²) in [6.45, 7) is 2.92. The topological polar surface area (TPSA) is 102 Å². The minimum absolute atomic E-state index is 0.155. The van der Waals surface area contributed by atoms with E-state index >= 15 is 0 Å². The SMILES string of the molecule is CCCCOc1nc(NC=C=O)c2nc(O)n(Cc3ccccc3)c2n1. The molecule has 0 aliphatic carbocycles. The van der Waals surface area contributed by atoms with Crippen LogP contribution >= 0.6 is 0 Å². The second kappa shape index (κ2) is 8.13. The Morgan fingerprint density at radius 3 is 2.81 bits per heavy atom. The zero-order chi connectivity index (χ0) is 18.4. The summed E-state index contributed by atoms with van der Waals surface area (Å²) in [5, 5.41) is 13.0. The molecule has 0 aliphatic rings. The van der Waals surface area contributed by atoms with Gasteiger partial charge in [0.25, 0.3) is 6.01 Å². The third-order valence-corrected chi connectivity index (χ3v) is 3.73. The van der Waals surface area contributed by atoms with Gasteiger partial charge < -0.3 is 15.2 Å². The Bertz CT molecular complexity index is 933. The van der Waals surface area contributed by atoms with E-state index in [0.717, 1.165) is 24.6 Å². The van der Waals surface area contributed by atoms with Gasteiger partial charge in [0, 0.05) is 0 Å². The molecule has 2 heterocycles. The molecule has 0 fully saturated rings. The van der Waals surface area contributed by atoms with E-state index in [1.54, 1.807) is 10.5 Å². The van der Waals surface area contributed by atoms with Crippen LogP contribution in [0.25, 0.3) is 11.2 Å². The van der Waals surface area contributed by atoms with Gasteiger partial charge in [0.05, 0.1) is 19.4 Å². The first kappa shape index (κ1) is 17.4. The van der Waals surface area contributed by atoms with Crippen molar-refractivity contribution in [3.8, 4) is 12.0 Å². The molecule has 0 radical (unpaired) electrons. The van der Waals surface area contributed by atoms with E-state index < -0.39 is 0 Å². The normalized spacial score (nSPS) is 10.5. The highest BCUT2D eigenvalue weighted by molar-refractivity contribution is 5.85. The van der Waals surface area contributed by atoms with Crippen LogP contribution in [0.2, 0.25) is 0 Å². The lowest BCUT2D eigenvalue weighted by Gasteiger charge is -2.08. The number of hydrogen-bond donors (Lipinski definition) is 2. The number of hydrogen-bond acceptors (Lipinski definition) is 7. The molecule has 26 heavy (non-hydrogen) atoms. The zero-order valence-electron chi connectivity index (χ0n) is 14.3. The van der Waals surface area contributed by atoms with Crippen molar-refractivity contribution in [1.29, 1.82) is 0 Å². The van der Waals surface area contributed by atoms with Crippen LogP contribution in [0.5, 0.6) is 12.0 Å². The van der Waals surface area contributed by atoms with Crippen molar-refractivity contribution < 1.29 is 14.6 Å². The maximum atomic E-state index is 10.5. The van der Waals surface area contributed by atoms with Gasteiger partial charge in [-0.05, 0) is 12.0 Å². The maximum Gasteiger partial charge on any atom is 0.320 e. The smallest absolute Gasteiger partial charge is 0.320 e. The molecule has 2 N–H and O–H groups in total. The van der Waals surface area contributed by atoms with Gasteiger partial charge in [-0.1, -0.05) is 43.7 Å². The molecule has 1 aromatic carbocycles. The van der Waals surface area contributed by atoms with Crippen LogP contribution < -0.4 is 10.1 Å². The van der Waals surface area contributed by atoms with Crippen molar-refractivity contribution in [2.45, 2.75) is 26.3 Å². The largest absolute Gasteiger partial charge is 0.480 e. The fraction of sp³-hybridized carbons (Fsp3) is 0.278. The molecule has 0 spiro atoms. The molecule has 0 saturated heterocycles. The quantitative estimate of drug-likeness (QED) is 0.474. The van der Waals surface area contributed by atoms with Crippen LogP contribution in [0.4, 0.5) is 5.82 Å². The highest BCUT2D eigenvalue weighted by atomic mass is 16.5. The lowest BCUT2D eigenvalue weighted by atomic mass is 10.2. The summed E-state index contributed by atoms with van der Waals surface area (Å²) in [6, 6.07) is 9.61. The Kier molecular flexibility index (Phi) is 5.46. The summed E-state index contributed by atoms with van der Waals surface area (Å²) in [6.07, 6.45) is 2.92. The van der Waals surface area contributed by atoms with Crippen LogP contribution in [-0.2, 0) is 11.3 Å². The van der Waals surface area contributed by atoms with E-state index in [1.165, 1.54) is 0 Å². The number of aromatic hydroxyl groups is 1. The number of aromatic nitrogens is 4. The van der Waals surface area contributed by atoms with Crippen molar-refractivity contribution in [1.82, 2.24) is 19.5 Å². The van der Waals surface area contributed by atoms with Gasteiger partial charge >= 0.3 is 6.01 Å². The lowest BCUT2D eigenvalue weighted by Crippen LogP contribution is -2.06. The standard InChI is InChI=1S/C18H19N5O3/c1-2-3-11-26-17-21-15(19-9-10-24)14-16(22-17)23(18(25)20-14)12-13-7-5-4-6-8-13/h4-9H,2-3,11-12H2,1H3,(H,20,25)(H,19,21,22). The number of benzene rings is 1. The Morgan fingerprint density at radius 1 is 1.27 bits per heavy atom. The van der Waals surface area contributed by atoms with E-state index in [4.69, 9.17) is 4.74 Å². The molecule has 0 atom stereocenters. The first-order valence-electron chi connectivity index (χ1n) is 8.32. The molecule has 2 aromatic heterocycles. The monoisotopic (exact) mass is 353 g/mol. The van der Waals surface area contributed by atoms with Gasteiger partial charge in [-0.15, -0.1) is 0 Å². The predicted octanol–water partition coefficient (Wildman–Crippen LogP) is 2.52. The van der Waals surface area contributed by atoms with E-state index in [-0.39, 0.29) is 17.8 Å². The third kappa shape index (κ3) is 3.81. The highest BCUT2D eigenvalue weighted by Crippen LogP contribution is 2.27. The third-order valence-electron chi connectivity index (χ3n) is 3.73. The summed E-state index contributed by atoms with van der Waals surface area (Å²) in [4.78, 5) is 23.3. The average Bonchev–Trinajstić information content (AvgIpc) is 2.97. The number of nitrogens with zero attached hydrogens (tertiary/aromatic N) is 4. The molecule has 8 heteroatoms. The number of nitrogens with one attached hydrogen (secondary N) is 1. The van der Waals surface area contributed by atoms with Crippen molar-refractivity contribution in [2.75, 3.05) is 11.9 Å². The highest BCUT2D eigenvalue weighted by Gasteiger charge is 2.18. The van der Waals surface area contributed by atoms with Crippen LogP contribution in [0.1, 0.15) is 25.3 Å². The van der Waals surface area contributed by atoms with Crippen molar-refractivity contribution in [2.24, 2.45) is 0 Å². The van der Waals surface area contributed by atoms with Crippen LogP contribution in [0, 0.1) is 0 Å². The molecule has 134 valence electrons. The van der Waals surface area contributed by atoms with Gasteiger partial charge in [-0.25, -0.2) is 4.79 Å². The minimum atomic E-state index is -0.193. The molecule has 0 saturated carbocycles. The summed E-state index contributed by atoms with van der Waals surface area (Å²) >= 11 is 0. The molecule has 0 amide bonds. The van der Waals surface area contributed by atoms with Gasteiger partial charge in [-0.2, -0.15) is 15.0 Å². The van der Waals surface area contributed by atoms with Crippen molar-refractivity contribution >= 4 is 22.9 Å². The second-order valence-corrected chi connectivity index (χ2v) is 5.62. The minimum Gasteiger partial charge on any atom is -0.480 e. The number of imidazole rings is 1. The number of ether oxygens (including phenoxy) is 1.